The zero-order chi connectivity index (χ0) is 14.0. The molecule has 3 amide bonds. The summed E-state index contributed by atoms with van der Waals surface area (Å²) in [7, 11) is 0. The zero-order valence-electron chi connectivity index (χ0n) is 11.5. The molecule has 2 fully saturated rings. The Hall–Kier alpha value is -1.43. The minimum Gasteiger partial charge on any atom is -0.352 e. The first-order valence-electron chi connectivity index (χ1n) is 6.79. The number of carbonyl (C=O) groups excluding carboxylic acids is 3. The van der Waals surface area contributed by atoms with Gasteiger partial charge in [0.15, 0.2) is 0 Å². The van der Waals surface area contributed by atoms with Crippen LogP contribution in [0.25, 0.3) is 0 Å². The largest absolute Gasteiger partial charge is 0.352 e. The summed E-state index contributed by atoms with van der Waals surface area (Å²) < 4.78 is 0. The molecule has 1 aliphatic heterocycles. The maximum atomic E-state index is 12.1. The van der Waals surface area contributed by atoms with Crippen LogP contribution in [-0.4, -0.2) is 47.3 Å². The summed E-state index contributed by atoms with van der Waals surface area (Å²) in [5.74, 6) is -0.928. The number of nitrogens with one attached hydrogen (secondary N) is 2. The number of hydrogen-bond acceptors (Lipinski definition) is 4. The van der Waals surface area contributed by atoms with Crippen LogP contribution in [0.1, 0.15) is 39.5 Å². The molecule has 0 aromatic carbocycles. The second-order valence-electron chi connectivity index (χ2n) is 5.81. The van der Waals surface area contributed by atoms with Crippen molar-refractivity contribution >= 4 is 17.7 Å². The number of piperazine rings is 1. The van der Waals surface area contributed by atoms with Gasteiger partial charge in [-0.05, 0) is 26.7 Å². The number of nitrogens with zero attached hydrogens (tertiary/aromatic N) is 1. The van der Waals surface area contributed by atoms with Gasteiger partial charge in [-0.2, -0.15) is 0 Å². The first-order valence-corrected chi connectivity index (χ1v) is 6.79. The molecule has 2 aliphatic rings. The van der Waals surface area contributed by atoms with Gasteiger partial charge >= 0.3 is 0 Å². The third-order valence-corrected chi connectivity index (χ3v) is 3.78. The van der Waals surface area contributed by atoms with E-state index in [0.717, 1.165) is 30.6 Å². The molecule has 0 aromatic rings. The number of amides is 3. The lowest BCUT2D eigenvalue weighted by Crippen LogP contribution is -2.65. The van der Waals surface area contributed by atoms with E-state index in [1.54, 1.807) is 13.8 Å². The molecule has 0 aromatic heterocycles. The van der Waals surface area contributed by atoms with Crippen molar-refractivity contribution in [2.75, 3.05) is 13.1 Å². The molecule has 2 N–H and O–H groups in total. The molecule has 0 spiro atoms. The summed E-state index contributed by atoms with van der Waals surface area (Å²) in [5, 5.41) is 5.75. The summed E-state index contributed by atoms with van der Waals surface area (Å²) >= 11 is 0. The van der Waals surface area contributed by atoms with E-state index in [-0.39, 0.29) is 36.9 Å². The Morgan fingerprint density at radius 3 is 2.63 bits per heavy atom. The normalized spacial score (nSPS) is 23.8. The lowest BCUT2D eigenvalue weighted by molar-refractivity contribution is -0.154. The maximum absolute atomic E-state index is 12.1. The molecule has 0 atom stereocenters. The highest BCUT2D eigenvalue weighted by molar-refractivity contribution is 6.05. The van der Waals surface area contributed by atoms with Crippen molar-refractivity contribution in [1.82, 2.24) is 15.5 Å². The van der Waals surface area contributed by atoms with Gasteiger partial charge in [0.25, 0.3) is 0 Å². The molecule has 2 rings (SSSR count). The van der Waals surface area contributed by atoms with Crippen LogP contribution in [0.5, 0.6) is 0 Å². The third kappa shape index (κ3) is 3.12. The molecule has 1 aliphatic carbocycles. The smallest absolute Gasteiger partial charge is 0.249 e. The lowest BCUT2D eigenvalue weighted by atomic mass is 10.0. The van der Waals surface area contributed by atoms with Gasteiger partial charge in [0.2, 0.25) is 17.7 Å². The Bertz CT molecular complexity index is 400. The third-order valence-electron chi connectivity index (χ3n) is 3.78. The van der Waals surface area contributed by atoms with E-state index in [9.17, 15) is 14.4 Å². The van der Waals surface area contributed by atoms with Crippen molar-refractivity contribution < 1.29 is 14.4 Å². The fourth-order valence-electron chi connectivity index (χ4n) is 2.57. The van der Waals surface area contributed by atoms with Crippen LogP contribution in [-0.2, 0) is 14.4 Å². The lowest BCUT2D eigenvalue weighted by Gasteiger charge is -2.36. The fraction of sp³-hybridized carbons (Fsp3) is 0.769. The summed E-state index contributed by atoms with van der Waals surface area (Å²) in [5.41, 5.74) is -0.790. The van der Waals surface area contributed by atoms with E-state index in [1.165, 1.54) is 0 Å². The second-order valence-corrected chi connectivity index (χ2v) is 5.81. The fourth-order valence-corrected chi connectivity index (χ4v) is 2.57. The molecule has 1 saturated heterocycles. The molecule has 1 saturated carbocycles. The molecular formula is C13H21N3O3. The Morgan fingerprint density at radius 1 is 1.37 bits per heavy atom. The topological polar surface area (TPSA) is 78.5 Å². The van der Waals surface area contributed by atoms with Crippen molar-refractivity contribution in [3.05, 3.63) is 0 Å². The van der Waals surface area contributed by atoms with Gasteiger partial charge in [-0.1, -0.05) is 12.8 Å². The van der Waals surface area contributed by atoms with E-state index in [0.29, 0.717) is 0 Å². The van der Waals surface area contributed by atoms with Gasteiger partial charge in [-0.15, -0.1) is 0 Å². The van der Waals surface area contributed by atoms with Crippen LogP contribution < -0.4 is 10.6 Å². The Labute approximate surface area is 112 Å². The van der Waals surface area contributed by atoms with Gasteiger partial charge < -0.3 is 5.32 Å². The van der Waals surface area contributed by atoms with Crippen LogP contribution in [0.4, 0.5) is 0 Å². The Balaban J connectivity index is 1.94. The highest BCUT2D eigenvalue weighted by Gasteiger charge is 2.40. The van der Waals surface area contributed by atoms with E-state index in [1.807, 2.05) is 0 Å². The monoisotopic (exact) mass is 267 g/mol. The van der Waals surface area contributed by atoms with Gasteiger partial charge in [0.1, 0.15) is 6.54 Å². The first-order chi connectivity index (χ1) is 8.90. The standard InChI is InChI=1S/C13H21N3O3/c1-13(2)12(19)16(11(18)7-14-13)8-10(17)15-9-5-3-4-6-9/h9,14H,3-8H2,1-2H3,(H,15,17). The quantitative estimate of drug-likeness (QED) is 0.693. The van der Waals surface area contributed by atoms with Crippen LogP contribution in [0.15, 0.2) is 0 Å². The molecular weight excluding hydrogens is 246 g/mol. The van der Waals surface area contributed by atoms with E-state index in [4.69, 9.17) is 0 Å². The molecule has 1 heterocycles. The van der Waals surface area contributed by atoms with E-state index < -0.39 is 5.54 Å². The number of rotatable bonds is 3. The Kier molecular flexibility index (Phi) is 3.89. The number of imide groups is 1. The SMILES string of the molecule is CC1(C)NCC(=O)N(CC(=O)NC2CCCC2)C1=O. The zero-order valence-corrected chi connectivity index (χ0v) is 11.5. The average molecular weight is 267 g/mol. The van der Waals surface area contributed by atoms with Crippen LogP contribution in [0.3, 0.4) is 0 Å². The molecule has 0 bridgehead atoms. The van der Waals surface area contributed by atoms with Gasteiger partial charge in [-0.25, -0.2) is 0 Å². The van der Waals surface area contributed by atoms with Crippen LogP contribution >= 0.6 is 0 Å². The van der Waals surface area contributed by atoms with Gasteiger partial charge in [-0.3, -0.25) is 24.6 Å². The van der Waals surface area contributed by atoms with Crippen LogP contribution in [0, 0.1) is 0 Å². The second kappa shape index (κ2) is 5.28. The van der Waals surface area contributed by atoms with Crippen molar-refractivity contribution in [3.63, 3.8) is 0 Å². The van der Waals surface area contributed by atoms with Crippen molar-refractivity contribution in [3.8, 4) is 0 Å². The van der Waals surface area contributed by atoms with E-state index in [2.05, 4.69) is 10.6 Å². The summed E-state index contributed by atoms with van der Waals surface area (Å²) in [6, 6.07) is 0.202. The number of hydrogen-bond donors (Lipinski definition) is 2. The predicted molar refractivity (Wildman–Crippen MR) is 69.2 cm³/mol. The number of carbonyl (C=O) groups is 3. The summed E-state index contributed by atoms with van der Waals surface area (Å²) in [6.07, 6.45) is 4.23. The van der Waals surface area contributed by atoms with Gasteiger partial charge in [0, 0.05) is 6.04 Å². The minimum absolute atomic E-state index is 0.0927. The van der Waals surface area contributed by atoms with Crippen LogP contribution in [0.2, 0.25) is 0 Å². The summed E-state index contributed by atoms with van der Waals surface area (Å²) in [6.45, 7) is 3.35. The highest BCUT2D eigenvalue weighted by atomic mass is 16.2. The molecule has 6 nitrogen and oxygen atoms in total. The predicted octanol–water partition coefficient (Wildman–Crippen LogP) is -0.218. The first kappa shape index (κ1) is 14.0. The average Bonchev–Trinajstić information content (AvgIpc) is 2.83. The molecule has 0 radical (unpaired) electrons. The highest BCUT2D eigenvalue weighted by Crippen LogP contribution is 2.18. The Morgan fingerprint density at radius 2 is 2.00 bits per heavy atom. The van der Waals surface area contributed by atoms with Gasteiger partial charge in [0.05, 0.1) is 12.1 Å². The van der Waals surface area contributed by atoms with Crippen molar-refractivity contribution in [1.29, 1.82) is 0 Å². The molecule has 106 valence electrons. The minimum atomic E-state index is -0.790. The van der Waals surface area contributed by atoms with Crippen molar-refractivity contribution in [2.45, 2.75) is 51.1 Å². The van der Waals surface area contributed by atoms with Crippen molar-refractivity contribution in [2.24, 2.45) is 0 Å². The van der Waals surface area contributed by atoms with E-state index >= 15 is 0 Å². The summed E-state index contributed by atoms with van der Waals surface area (Å²) in [4.78, 5) is 36.8. The maximum Gasteiger partial charge on any atom is 0.249 e. The molecule has 19 heavy (non-hydrogen) atoms. The molecule has 6 heteroatoms. The molecule has 0 unspecified atom stereocenters.